The maximum absolute atomic E-state index is 11.6. The molecule has 2 aromatic carbocycles. The maximum atomic E-state index is 11.6. The van der Waals surface area contributed by atoms with Crippen LogP contribution in [0.3, 0.4) is 0 Å². The van der Waals surface area contributed by atoms with E-state index in [1.807, 2.05) is 42.2 Å². The second-order valence-corrected chi connectivity index (χ2v) is 6.34. The van der Waals surface area contributed by atoms with Gasteiger partial charge in [-0.25, -0.2) is 4.79 Å². The van der Waals surface area contributed by atoms with Crippen molar-refractivity contribution in [1.82, 2.24) is 4.90 Å². The maximum Gasteiger partial charge on any atom is 0.338 e. The average molecular weight is 341 g/mol. The summed E-state index contributed by atoms with van der Waals surface area (Å²) in [5.74, 6) is -0.301. The van der Waals surface area contributed by atoms with Gasteiger partial charge in [0.2, 0.25) is 0 Å². The number of hydrogen-bond donors (Lipinski definition) is 2. The lowest BCUT2D eigenvalue weighted by Gasteiger charge is -2.25. The highest BCUT2D eigenvalue weighted by Crippen LogP contribution is 2.29. The highest BCUT2D eigenvalue weighted by atomic mass is 16.5. The van der Waals surface area contributed by atoms with Gasteiger partial charge in [-0.1, -0.05) is 36.4 Å². The lowest BCUT2D eigenvalue weighted by atomic mass is 9.95. The lowest BCUT2D eigenvalue weighted by molar-refractivity contribution is 0.0535. The van der Waals surface area contributed by atoms with Gasteiger partial charge in [0, 0.05) is 25.2 Å². The van der Waals surface area contributed by atoms with Crippen molar-refractivity contribution in [1.29, 1.82) is 0 Å². The summed E-state index contributed by atoms with van der Waals surface area (Å²) in [6, 6.07) is 13.5. The molecule has 0 saturated heterocycles. The fourth-order valence-corrected chi connectivity index (χ4v) is 3.29. The third-order valence-electron chi connectivity index (χ3n) is 4.66. The minimum Gasteiger partial charge on any atom is -0.457 e. The molecule has 0 spiro atoms. The molecule has 0 amide bonds. The van der Waals surface area contributed by atoms with E-state index in [1.165, 1.54) is 0 Å². The van der Waals surface area contributed by atoms with Crippen molar-refractivity contribution in [2.45, 2.75) is 26.2 Å². The molecule has 5 heteroatoms. The molecule has 5 nitrogen and oxygen atoms in total. The molecule has 0 bridgehead atoms. The second kappa shape index (κ2) is 7.78. The standard InChI is InChI=1S/C20H23NO4/c1-14-16(7-8-17-18(14)13-25-20(17)24)19(23)12-21(9-10-22)11-15-5-3-2-4-6-15/h2-8,19,22-23H,9-13H2,1H3/t19-/m0/s1. The minimum absolute atomic E-state index is 0.0328. The quantitative estimate of drug-likeness (QED) is 0.756. The minimum atomic E-state index is -0.698. The summed E-state index contributed by atoms with van der Waals surface area (Å²) in [7, 11) is 0. The Kier molecular flexibility index (Phi) is 5.48. The normalized spacial score (nSPS) is 14.5. The molecule has 25 heavy (non-hydrogen) atoms. The third-order valence-corrected chi connectivity index (χ3v) is 4.66. The van der Waals surface area contributed by atoms with Crippen LogP contribution in [-0.4, -0.2) is 40.8 Å². The molecule has 1 heterocycles. The largest absolute Gasteiger partial charge is 0.457 e. The van der Waals surface area contributed by atoms with Gasteiger partial charge in [-0.05, 0) is 29.7 Å². The molecule has 1 atom stereocenters. The number of aliphatic hydroxyl groups is 2. The van der Waals surface area contributed by atoms with Gasteiger partial charge < -0.3 is 14.9 Å². The highest BCUT2D eigenvalue weighted by molar-refractivity contribution is 5.93. The van der Waals surface area contributed by atoms with E-state index >= 15 is 0 Å². The van der Waals surface area contributed by atoms with Gasteiger partial charge in [-0.3, -0.25) is 4.90 Å². The van der Waals surface area contributed by atoms with Crippen molar-refractivity contribution < 1.29 is 19.7 Å². The molecule has 0 aromatic heterocycles. The predicted octanol–water partition coefficient (Wildman–Crippen LogP) is 2.19. The van der Waals surface area contributed by atoms with E-state index in [1.54, 1.807) is 12.1 Å². The monoisotopic (exact) mass is 341 g/mol. The Morgan fingerprint density at radius 3 is 2.68 bits per heavy atom. The first-order valence-electron chi connectivity index (χ1n) is 8.45. The van der Waals surface area contributed by atoms with Crippen LogP contribution in [0, 0.1) is 6.92 Å². The van der Waals surface area contributed by atoms with E-state index in [4.69, 9.17) is 4.74 Å². The average Bonchev–Trinajstić information content (AvgIpc) is 2.98. The van der Waals surface area contributed by atoms with E-state index in [9.17, 15) is 15.0 Å². The van der Waals surface area contributed by atoms with E-state index < -0.39 is 6.10 Å². The summed E-state index contributed by atoms with van der Waals surface area (Å²) in [6.45, 7) is 3.76. The highest BCUT2D eigenvalue weighted by Gasteiger charge is 2.26. The Labute approximate surface area is 147 Å². The van der Waals surface area contributed by atoms with Crippen molar-refractivity contribution in [3.8, 4) is 0 Å². The summed E-state index contributed by atoms with van der Waals surface area (Å²) in [6.07, 6.45) is -0.698. The number of hydrogen-bond acceptors (Lipinski definition) is 5. The molecule has 2 N–H and O–H groups in total. The molecular weight excluding hydrogens is 318 g/mol. The Morgan fingerprint density at radius 2 is 1.96 bits per heavy atom. The smallest absolute Gasteiger partial charge is 0.338 e. The molecule has 0 radical (unpaired) electrons. The zero-order valence-electron chi connectivity index (χ0n) is 14.3. The molecule has 1 aliphatic heterocycles. The number of ether oxygens (including phenoxy) is 1. The Hall–Kier alpha value is -2.21. The molecule has 1 aliphatic rings. The van der Waals surface area contributed by atoms with Crippen molar-refractivity contribution in [3.05, 3.63) is 70.3 Å². The van der Waals surface area contributed by atoms with Gasteiger partial charge in [-0.15, -0.1) is 0 Å². The molecule has 2 aromatic rings. The summed E-state index contributed by atoms with van der Waals surface area (Å²) in [5, 5.41) is 20.1. The number of carbonyl (C=O) groups excluding carboxylic acids is 1. The zero-order valence-corrected chi connectivity index (χ0v) is 14.3. The molecular formula is C20H23NO4. The van der Waals surface area contributed by atoms with Gasteiger partial charge in [0.15, 0.2) is 0 Å². The Bertz CT molecular complexity index is 745. The van der Waals surface area contributed by atoms with Crippen molar-refractivity contribution in [2.24, 2.45) is 0 Å². The van der Waals surface area contributed by atoms with Crippen LogP contribution in [0.1, 0.15) is 38.7 Å². The first kappa shape index (κ1) is 17.6. The first-order valence-corrected chi connectivity index (χ1v) is 8.45. The van der Waals surface area contributed by atoms with E-state index in [-0.39, 0.29) is 19.2 Å². The topological polar surface area (TPSA) is 70.0 Å². The molecule has 3 rings (SSSR count). The van der Waals surface area contributed by atoms with Crippen LogP contribution in [0.2, 0.25) is 0 Å². The number of rotatable bonds is 7. The van der Waals surface area contributed by atoms with Crippen molar-refractivity contribution in [2.75, 3.05) is 19.7 Å². The second-order valence-electron chi connectivity index (χ2n) is 6.34. The van der Waals surface area contributed by atoms with Gasteiger partial charge in [-0.2, -0.15) is 0 Å². The van der Waals surface area contributed by atoms with Crippen molar-refractivity contribution >= 4 is 5.97 Å². The number of carbonyl (C=O) groups is 1. The predicted molar refractivity (Wildman–Crippen MR) is 94.1 cm³/mol. The lowest BCUT2D eigenvalue weighted by Crippen LogP contribution is -2.31. The van der Waals surface area contributed by atoms with Crippen LogP contribution >= 0.6 is 0 Å². The molecule has 132 valence electrons. The summed E-state index contributed by atoms with van der Waals surface area (Å²) < 4.78 is 5.07. The van der Waals surface area contributed by atoms with Crippen LogP contribution in [0.4, 0.5) is 0 Å². The number of aliphatic hydroxyl groups excluding tert-OH is 2. The first-order chi connectivity index (χ1) is 12.1. The summed E-state index contributed by atoms with van der Waals surface area (Å²) in [5.41, 5.74) is 4.28. The van der Waals surface area contributed by atoms with Crippen LogP contribution in [0.5, 0.6) is 0 Å². The fraction of sp³-hybridized carbons (Fsp3) is 0.350. The van der Waals surface area contributed by atoms with Gasteiger partial charge in [0.25, 0.3) is 0 Å². The van der Waals surface area contributed by atoms with Gasteiger partial charge >= 0.3 is 5.97 Å². The number of esters is 1. The van der Waals surface area contributed by atoms with E-state index in [0.717, 1.165) is 22.3 Å². The van der Waals surface area contributed by atoms with Crippen LogP contribution < -0.4 is 0 Å². The molecule has 0 fully saturated rings. The third kappa shape index (κ3) is 3.90. The molecule has 0 aliphatic carbocycles. The van der Waals surface area contributed by atoms with Crippen LogP contribution in [-0.2, 0) is 17.9 Å². The van der Waals surface area contributed by atoms with Crippen molar-refractivity contribution in [3.63, 3.8) is 0 Å². The van der Waals surface area contributed by atoms with Gasteiger partial charge in [0.05, 0.1) is 18.3 Å². The number of cyclic esters (lactones) is 1. The van der Waals surface area contributed by atoms with Crippen LogP contribution in [0.15, 0.2) is 42.5 Å². The van der Waals surface area contributed by atoms with Gasteiger partial charge in [0.1, 0.15) is 6.61 Å². The molecule has 0 unspecified atom stereocenters. The summed E-state index contributed by atoms with van der Waals surface area (Å²) >= 11 is 0. The summed E-state index contributed by atoms with van der Waals surface area (Å²) in [4.78, 5) is 13.7. The Balaban J connectivity index is 1.75. The van der Waals surface area contributed by atoms with E-state index in [2.05, 4.69) is 0 Å². The number of fused-ring (bicyclic) bond motifs is 1. The fourth-order valence-electron chi connectivity index (χ4n) is 3.29. The SMILES string of the molecule is Cc1c([C@@H](O)CN(CCO)Cc2ccccc2)ccc2c1COC2=O. The Morgan fingerprint density at radius 1 is 1.20 bits per heavy atom. The van der Waals surface area contributed by atoms with E-state index in [0.29, 0.717) is 25.2 Å². The zero-order chi connectivity index (χ0) is 17.8. The molecule has 0 saturated carbocycles. The van der Waals surface area contributed by atoms with Crippen LogP contribution in [0.25, 0.3) is 0 Å². The number of benzene rings is 2. The number of nitrogens with zero attached hydrogens (tertiary/aromatic N) is 1.